The van der Waals surface area contributed by atoms with Crippen molar-refractivity contribution in [1.29, 1.82) is 0 Å². The molecule has 0 aromatic heterocycles. The Morgan fingerprint density at radius 3 is 2.41 bits per heavy atom. The SMILES string of the molecule is O=S1(=O)Cc2cc(Cl)c(Cl)cc2C(c2ccc(F)cc2)=NN1. The molecule has 1 aliphatic heterocycles. The predicted molar refractivity (Wildman–Crippen MR) is 84.3 cm³/mol. The monoisotopic (exact) mass is 358 g/mol. The normalized spacial score (nSPS) is 16.2. The van der Waals surface area contributed by atoms with E-state index in [1.807, 2.05) is 0 Å². The summed E-state index contributed by atoms with van der Waals surface area (Å²) in [6, 6.07) is 8.63. The molecule has 1 N–H and O–H groups in total. The van der Waals surface area contributed by atoms with Gasteiger partial charge in [-0.05, 0) is 42.0 Å². The standard InChI is InChI=1S/C14H9Cl2FN2O2S/c15-12-5-9-7-22(20,21)19-18-14(11(9)6-13(12)16)8-1-3-10(17)4-2-8/h1-6,19H,7H2. The molecule has 0 amide bonds. The topological polar surface area (TPSA) is 58.5 Å². The van der Waals surface area contributed by atoms with Crippen LogP contribution < -0.4 is 4.83 Å². The number of sulfonamides is 1. The second kappa shape index (κ2) is 5.53. The lowest BCUT2D eigenvalue weighted by molar-refractivity contribution is 0.584. The predicted octanol–water partition coefficient (Wildman–Crippen LogP) is 3.32. The molecule has 8 heteroatoms. The highest BCUT2D eigenvalue weighted by Crippen LogP contribution is 2.30. The number of fused-ring (bicyclic) bond motifs is 1. The zero-order chi connectivity index (χ0) is 15.9. The molecule has 1 aliphatic rings. The second-order valence-electron chi connectivity index (χ2n) is 4.74. The quantitative estimate of drug-likeness (QED) is 0.849. The molecule has 3 rings (SSSR count). The van der Waals surface area contributed by atoms with Crippen LogP contribution in [0.3, 0.4) is 0 Å². The molecule has 0 saturated heterocycles. The number of benzene rings is 2. The minimum atomic E-state index is -3.62. The molecule has 22 heavy (non-hydrogen) atoms. The molecule has 1 heterocycles. The fourth-order valence-corrected chi connectivity index (χ4v) is 3.46. The molecule has 0 saturated carbocycles. The van der Waals surface area contributed by atoms with E-state index in [9.17, 15) is 12.8 Å². The summed E-state index contributed by atoms with van der Waals surface area (Å²) in [4.78, 5) is 2.15. The largest absolute Gasteiger partial charge is 0.251 e. The third-order valence-corrected chi connectivity index (χ3v) is 4.94. The van der Waals surface area contributed by atoms with E-state index < -0.39 is 15.8 Å². The smallest absolute Gasteiger partial charge is 0.207 e. The van der Waals surface area contributed by atoms with Gasteiger partial charge in [-0.15, -0.1) is 0 Å². The molecule has 2 aromatic rings. The van der Waals surface area contributed by atoms with Crippen molar-refractivity contribution in [2.75, 3.05) is 0 Å². The Morgan fingerprint density at radius 1 is 1.09 bits per heavy atom. The van der Waals surface area contributed by atoms with Gasteiger partial charge in [-0.25, -0.2) is 17.6 Å². The summed E-state index contributed by atoms with van der Waals surface area (Å²) >= 11 is 12.0. The van der Waals surface area contributed by atoms with Gasteiger partial charge >= 0.3 is 0 Å². The van der Waals surface area contributed by atoms with Crippen molar-refractivity contribution in [2.45, 2.75) is 5.75 Å². The van der Waals surface area contributed by atoms with Gasteiger partial charge < -0.3 is 0 Å². The zero-order valence-corrected chi connectivity index (χ0v) is 13.3. The Morgan fingerprint density at radius 2 is 1.73 bits per heavy atom. The number of hydrazone groups is 1. The number of rotatable bonds is 1. The third kappa shape index (κ3) is 2.95. The summed E-state index contributed by atoms with van der Waals surface area (Å²) in [6.45, 7) is 0. The van der Waals surface area contributed by atoms with E-state index in [0.29, 0.717) is 22.4 Å². The van der Waals surface area contributed by atoms with Crippen LogP contribution in [0.25, 0.3) is 0 Å². The van der Waals surface area contributed by atoms with Gasteiger partial charge in [-0.2, -0.15) is 5.10 Å². The first kappa shape index (κ1) is 15.3. The van der Waals surface area contributed by atoms with Crippen molar-refractivity contribution in [3.05, 3.63) is 69.0 Å². The Balaban J connectivity index is 2.24. The average molecular weight is 359 g/mol. The summed E-state index contributed by atoms with van der Waals surface area (Å²) < 4.78 is 36.9. The number of hydrogen-bond donors (Lipinski definition) is 1. The zero-order valence-electron chi connectivity index (χ0n) is 11.0. The van der Waals surface area contributed by atoms with Gasteiger partial charge in [0.2, 0.25) is 0 Å². The van der Waals surface area contributed by atoms with Gasteiger partial charge in [0.05, 0.1) is 21.5 Å². The number of nitrogens with one attached hydrogen (secondary N) is 1. The van der Waals surface area contributed by atoms with Crippen LogP contribution in [0, 0.1) is 5.82 Å². The fourth-order valence-electron chi connectivity index (χ4n) is 2.17. The molecule has 0 fully saturated rings. The highest BCUT2D eigenvalue weighted by atomic mass is 35.5. The van der Waals surface area contributed by atoms with Crippen LogP contribution in [0.1, 0.15) is 16.7 Å². The van der Waals surface area contributed by atoms with Crippen LogP contribution in [-0.4, -0.2) is 14.1 Å². The molecule has 0 spiro atoms. The molecule has 2 aromatic carbocycles. The lowest BCUT2D eigenvalue weighted by atomic mass is 9.98. The minimum absolute atomic E-state index is 0.260. The minimum Gasteiger partial charge on any atom is -0.207 e. The van der Waals surface area contributed by atoms with Gasteiger partial charge in [0.25, 0.3) is 10.0 Å². The molecule has 0 unspecified atom stereocenters. The summed E-state index contributed by atoms with van der Waals surface area (Å²) in [5.41, 5.74) is 1.93. The maximum atomic E-state index is 13.1. The van der Waals surface area contributed by atoms with Crippen LogP contribution >= 0.6 is 23.2 Å². The Kier molecular flexibility index (Phi) is 3.84. The second-order valence-corrected chi connectivity index (χ2v) is 7.26. The van der Waals surface area contributed by atoms with E-state index in [-0.39, 0.29) is 15.8 Å². The first-order chi connectivity index (χ1) is 10.4. The van der Waals surface area contributed by atoms with Crippen molar-refractivity contribution in [1.82, 2.24) is 4.83 Å². The molecule has 0 aliphatic carbocycles. The number of hydrogen-bond acceptors (Lipinski definition) is 3. The van der Waals surface area contributed by atoms with E-state index in [1.54, 1.807) is 6.07 Å². The van der Waals surface area contributed by atoms with Crippen molar-refractivity contribution in [3.63, 3.8) is 0 Å². The van der Waals surface area contributed by atoms with Crippen LogP contribution in [-0.2, 0) is 15.8 Å². The van der Waals surface area contributed by atoms with Crippen LogP contribution in [0.15, 0.2) is 41.5 Å². The summed E-state index contributed by atoms with van der Waals surface area (Å²) in [5, 5.41) is 4.49. The van der Waals surface area contributed by atoms with E-state index in [0.717, 1.165) is 0 Å². The van der Waals surface area contributed by atoms with E-state index in [1.165, 1.54) is 30.3 Å². The van der Waals surface area contributed by atoms with Gasteiger partial charge in [0.1, 0.15) is 5.82 Å². The van der Waals surface area contributed by atoms with Crippen molar-refractivity contribution >= 4 is 38.9 Å². The molecule has 0 atom stereocenters. The average Bonchev–Trinajstić information content (AvgIpc) is 2.57. The maximum Gasteiger partial charge on any atom is 0.251 e. The Hall–Kier alpha value is -1.63. The van der Waals surface area contributed by atoms with Crippen molar-refractivity contribution in [3.8, 4) is 0 Å². The highest BCUT2D eigenvalue weighted by molar-refractivity contribution is 7.88. The van der Waals surface area contributed by atoms with Gasteiger partial charge in [-0.3, -0.25) is 0 Å². The first-order valence-electron chi connectivity index (χ1n) is 6.17. The molecule has 0 bridgehead atoms. The Labute approximate surface area is 136 Å². The van der Waals surface area contributed by atoms with E-state index >= 15 is 0 Å². The summed E-state index contributed by atoms with van der Waals surface area (Å²) in [6.07, 6.45) is 0. The van der Waals surface area contributed by atoms with E-state index in [4.69, 9.17) is 23.2 Å². The van der Waals surface area contributed by atoms with Gasteiger partial charge in [-0.1, -0.05) is 23.2 Å². The van der Waals surface area contributed by atoms with Crippen LogP contribution in [0.2, 0.25) is 10.0 Å². The van der Waals surface area contributed by atoms with Crippen molar-refractivity contribution in [2.24, 2.45) is 5.10 Å². The Bertz CT molecular complexity index is 880. The lowest BCUT2D eigenvalue weighted by Gasteiger charge is -2.10. The van der Waals surface area contributed by atoms with Gasteiger partial charge in [0, 0.05) is 11.1 Å². The molecule has 114 valence electrons. The molecule has 0 radical (unpaired) electrons. The highest BCUT2D eigenvalue weighted by Gasteiger charge is 2.23. The molecular weight excluding hydrogens is 350 g/mol. The summed E-state index contributed by atoms with van der Waals surface area (Å²) in [5.74, 6) is -0.666. The number of halogens is 3. The molecule has 4 nitrogen and oxygen atoms in total. The van der Waals surface area contributed by atoms with E-state index in [2.05, 4.69) is 9.93 Å². The van der Waals surface area contributed by atoms with Crippen LogP contribution in [0.5, 0.6) is 0 Å². The maximum absolute atomic E-state index is 13.1. The third-order valence-electron chi connectivity index (χ3n) is 3.16. The van der Waals surface area contributed by atoms with Crippen LogP contribution in [0.4, 0.5) is 4.39 Å². The fraction of sp³-hybridized carbons (Fsp3) is 0.0714. The van der Waals surface area contributed by atoms with Gasteiger partial charge in [0.15, 0.2) is 0 Å². The summed E-state index contributed by atoms with van der Waals surface area (Å²) in [7, 11) is -3.62. The molecular formula is C14H9Cl2FN2O2S. The first-order valence-corrected chi connectivity index (χ1v) is 8.58. The van der Waals surface area contributed by atoms with Crippen molar-refractivity contribution < 1.29 is 12.8 Å². The number of nitrogens with zero attached hydrogens (tertiary/aromatic N) is 1. The lowest BCUT2D eigenvalue weighted by Crippen LogP contribution is -2.18.